The standard InChI is InChI=1S/C25H23FN2O3S2/c26-21-8-4-18(5-9-21)16-30-23-3-1-2-19(14-23)15-27-28-24(29)17-31-22-10-6-20(7-11-22)25-32-12-13-33-25/h1-11,14-15,25H,12-13,16-17H2,(H,28,29)/b27-15-. The van der Waals surface area contributed by atoms with Crippen molar-refractivity contribution >= 4 is 35.6 Å². The molecule has 1 saturated heterocycles. The third-order valence-electron chi connectivity index (χ3n) is 4.72. The van der Waals surface area contributed by atoms with Gasteiger partial charge in [0, 0.05) is 11.5 Å². The molecule has 33 heavy (non-hydrogen) atoms. The molecule has 1 N–H and O–H groups in total. The minimum Gasteiger partial charge on any atom is -0.489 e. The molecule has 1 heterocycles. The number of nitrogens with one attached hydrogen (secondary N) is 1. The first-order valence-corrected chi connectivity index (χ1v) is 12.5. The smallest absolute Gasteiger partial charge is 0.277 e. The van der Waals surface area contributed by atoms with Crippen LogP contribution in [0.4, 0.5) is 4.39 Å². The molecule has 170 valence electrons. The minimum absolute atomic E-state index is 0.121. The van der Waals surface area contributed by atoms with Gasteiger partial charge < -0.3 is 9.47 Å². The van der Waals surface area contributed by atoms with Crippen LogP contribution in [0, 0.1) is 5.82 Å². The molecule has 0 saturated carbocycles. The number of amides is 1. The Hall–Kier alpha value is -2.97. The Kier molecular flexibility index (Phi) is 8.27. The van der Waals surface area contributed by atoms with Gasteiger partial charge in [0.1, 0.15) is 23.9 Å². The summed E-state index contributed by atoms with van der Waals surface area (Å²) in [6.07, 6.45) is 1.54. The van der Waals surface area contributed by atoms with E-state index in [4.69, 9.17) is 9.47 Å². The van der Waals surface area contributed by atoms with Gasteiger partial charge >= 0.3 is 0 Å². The van der Waals surface area contributed by atoms with Crippen molar-refractivity contribution in [3.63, 3.8) is 0 Å². The van der Waals surface area contributed by atoms with Gasteiger partial charge in [0.15, 0.2) is 6.61 Å². The van der Waals surface area contributed by atoms with Crippen LogP contribution in [-0.4, -0.2) is 30.2 Å². The second-order valence-corrected chi connectivity index (χ2v) is 9.94. The molecule has 3 aromatic rings. The summed E-state index contributed by atoms with van der Waals surface area (Å²) < 4.78 is 24.8. The molecular weight excluding hydrogens is 459 g/mol. The Morgan fingerprint density at radius 3 is 2.52 bits per heavy atom. The van der Waals surface area contributed by atoms with Crippen LogP contribution < -0.4 is 14.9 Å². The lowest BCUT2D eigenvalue weighted by molar-refractivity contribution is -0.123. The molecule has 1 aliphatic rings. The molecule has 8 heteroatoms. The van der Waals surface area contributed by atoms with Gasteiger partial charge in [-0.05, 0) is 53.1 Å². The first kappa shape index (κ1) is 23.2. The summed E-state index contributed by atoms with van der Waals surface area (Å²) in [6.45, 7) is 0.207. The lowest BCUT2D eigenvalue weighted by Gasteiger charge is -2.10. The fourth-order valence-electron chi connectivity index (χ4n) is 3.06. The summed E-state index contributed by atoms with van der Waals surface area (Å²) in [6, 6.07) is 21.3. The van der Waals surface area contributed by atoms with Gasteiger partial charge in [-0.1, -0.05) is 36.4 Å². The van der Waals surface area contributed by atoms with E-state index in [-0.39, 0.29) is 18.3 Å². The van der Waals surface area contributed by atoms with E-state index < -0.39 is 0 Å². The van der Waals surface area contributed by atoms with Crippen molar-refractivity contribution in [1.82, 2.24) is 5.43 Å². The van der Waals surface area contributed by atoms with Crippen molar-refractivity contribution in [3.8, 4) is 11.5 Å². The molecule has 0 aromatic heterocycles. The third-order valence-corrected chi connectivity index (χ3v) is 7.83. The molecule has 0 atom stereocenters. The second kappa shape index (κ2) is 11.8. The molecule has 0 spiro atoms. The quantitative estimate of drug-likeness (QED) is 0.326. The molecule has 4 rings (SSSR count). The fourth-order valence-corrected chi connectivity index (χ4v) is 5.92. The number of carbonyl (C=O) groups is 1. The Morgan fingerprint density at radius 1 is 1.00 bits per heavy atom. The highest BCUT2D eigenvalue weighted by Gasteiger charge is 2.17. The topological polar surface area (TPSA) is 59.9 Å². The van der Waals surface area contributed by atoms with Crippen LogP contribution in [0.2, 0.25) is 0 Å². The summed E-state index contributed by atoms with van der Waals surface area (Å²) in [5.74, 6) is 3.04. The van der Waals surface area contributed by atoms with Gasteiger partial charge in [0.2, 0.25) is 0 Å². The van der Waals surface area contributed by atoms with E-state index in [2.05, 4.69) is 10.5 Å². The summed E-state index contributed by atoms with van der Waals surface area (Å²) in [5.41, 5.74) is 5.37. The second-order valence-electron chi connectivity index (χ2n) is 7.21. The summed E-state index contributed by atoms with van der Waals surface area (Å²) >= 11 is 3.90. The number of rotatable bonds is 9. The average molecular weight is 483 g/mol. The molecule has 0 aliphatic carbocycles. The van der Waals surface area contributed by atoms with E-state index in [1.165, 1.54) is 35.4 Å². The first-order valence-electron chi connectivity index (χ1n) is 10.4. The van der Waals surface area contributed by atoms with E-state index in [1.54, 1.807) is 18.2 Å². The molecule has 1 fully saturated rings. The molecule has 0 unspecified atom stereocenters. The van der Waals surface area contributed by atoms with E-state index in [0.717, 1.165) is 11.1 Å². The zero-order valence-electron chi connectivity index (χ0n) is 17.8. The Labute approximate surface area is 200 Å². The number of hydrogen-bond donors (Lipinski definition) is 1. The van der Waals surface area contributed by atoms with Gasteiger partial charge in [0.05, 0.1) is 10.8 Å². The Balaban J connectivity index is 1.21. The fraction of sp³-hybridized carbons (Fsp3) is 0.200. The molecular formula is C25H23FN2O3S2. The average Bonchev–Trinajstić information content (AvgIpc) is 3.38. The summed E-state index contributed by atoms with van der Waals surface area (Å²) in [5, 5.41) is 3.98. The first-order chi connectivity index (χ1) is 16.2. The lowest BCUT2D eigenvalue weighted by Crippen LogP contribution is -2.24. The molecule has 1 amide bonds. The maximum absolute atomic E-state index is 13.0. The maximum Gasteiger partial charge on any atom is 0.277 e. The molecule has 1 aliphatic heterocycles. The predicted octanol–water partition coefficient (Wildman–Crippen LogP) is 5.41. The number of halogens is 1. The summed E-state index contributed by atoms with van der Waals surface area (Å²) in [4.78, 5) is 12.0. The molecule has 0 radical (unpaired) electrons. The van der Waals surface area contributed by atoms with Gasteiger partial charge in [-0.25, -0.2) is 9.82 Å². The monoisotopic (exact) mass is 482 g/mol. The largest absolute Gasteiger partial charge is 0.489 e. The van der Waals surface area contributed by atoms with Gasteiger partial charge in [-0.2, -0.15) is 5.10 Å². The predicted molar refractivity (Wildman–Crippen MR) is 133 cm³/mol. The number of benzene rings is 3. The van der Waals surface area contributed by atoms with Crippen LogP contribution in [0.1, 0.15) is 21.3 Å². The van der Waals surface area contributed by atoms with Crippen LogP contribution in [-0.2, 0) is 11.4 Å². The number of thioether (sulfide) groups is 2. The van der Waals surface area contributed by atoms with Crippen molar-refractivity contribution < 1.29 is 18.7 Å². The third kappa shape index (κ3) is 7.27. The van der Waals surface area contributed by atoms with Crippen LogP contribution in [0.5, 0.6) is 11.5 Å². The highest BCUT2D eigenvalue weighted by molar-refractivity contribution is 8.19. The van der Waals surface area contributed by atoms with Crippen molar-refractivity contribution in [2.24, 2.45) is 5.10 Å². The Morgan fingerprint density at radius 2 is 1.76 bits per heavy atom. The maximum atomic E-state index is 13.0. The lowest BCUT2D eigenvalue weighted by atomic mass is 10.2. The highest BCUT2D eigenvalue weighted by Crippen LogP contribution is 2.45. The van der Waals surface area contributed by atoms with E-state index in [1.807, 2.05) is 66.0 Å². The zero-order chi connectivity index (χ0) is 22.9. The van der Waals surface area contributed by atoms with Crippen molar-refractivity contribution in [3.05, 3.63) is 95.3 Å². The number of nitrogens with zero attached hydrogens (tertiary/aromatic N) is 1. The molecule has 3 aromatic carbocycles. The van der Waals surface area contributed by atoms with Crippen molar-refractivity contribution in [2.75, 3.05) is 18.1 Å². The Bertz CT molecular complexity index is 1090. The van der Waals surface area contributed by atoms with Gasteiger partial charge in [-0.3, -0.25) is 4.79 Å². The van der Waals surface area contributed by atoms with Crippen molar-refractivity contribution in [1.29, 1.82) is 0 Å². The zero-order valence-corrected chi connectivity index (χ0v) is 19.4. The normalized spacial score (nSPS) is 13.8. The highest BCUT2D eigenvalue weighted by atomic mass is 32.2. The van der Waals surface area contributed by atoms with Crippen LogP contribution in [0.15, 0.2) is 77.9 Å². The van der Waals surface area contributed by atoms with E-state index >= 15 is 0 Å². The van der Waals surface area contributed by atoms with Gasteiger partial charge in [-0.15, -0.1) is 23.5 Å². The number of hydrazone groups is 1. The van der Waals surface area contributed by atoms with Crippen LogP contribution in [0.3, 0.4) is 0 Å². The SMILES string of the molecule is O=C(COc1ccc(C2SCCS2)cc1)N/N=C\c1cccc(OCc2ccc(F)cc2)c1. The molecule has 0 bridgehead atoms. The van der Waals surface area contributed by atoms with Gasteiger partial charge in [0.25, 0.3) is 5.91 Å². The number of carbonyl (C=O) groups excluding carboxylic acids is 1. The molecule has 5 nitrogen and oxygen atoms in total. The van der Waals surface area contributed by atoms with E-state index in [9.17, 15) is 9.18 Å². The van der Waals surface area contributed by atoms with Crippen LogP contribution in [0.25, 0.3) is 0 Å². The number of hydrogen-bond acceptors (Lipinski definition) is 6. The number of ether oxygens (including phenoxy) is 2. The van der Waals surface area contributed by atoms with E-state index in [0.29, 0.717) is 22.7 Å². The minimum atomic E-state index is -0.346. The summed E-state index contributed by atoms with van der Waals surface area (Å²) in [7, 11) is 0. The van der Waals surface area contributed by atoms with Crippen molar-refractivity contribution in [2.45, 2.75) is 11.2 Å². The van der Waals surface area contributed by atoms with Crippen LogP contribution >= 0.6 is 23.5 Å².